The number of rotatable bonds is 2. The van der Waals surface area contributed by atoms with Crippen molar-refractivity contribution < 1.29 is 4.79 Å². The predicted octanol–water partition coefficient (Wildman–Crippen LogP) is 2.49. The number of hydrogen-bond acceptors (Lipinski definition) is 6. The summed E-state index contributed by atoms with van der Waals surface area (Å²) in [6.07, 6.45) is 4.51. The second-order valence-electron chi connectivity index (χ2n) is 8.10. The maximum absolute atomic E-state index is 13.1. The Morgan fingerprint density at radius 1 is 1.32 bits per heavy atom. The van der Waals surface area contributed by atoms with E-state index in [0.29, 0.717) is 23.9 Å². The lowest BCUT2D eigenvalue weighted by atomic mass is 10.1. The smallest absolute Gasteiger partial charge is 0.327 e. The summed E-state index contributed by atoms with van der Waals surface area (Å²) in [6, 6.07) is 4.26. The van der Waals surface area contributed by atoms with E-state index in [0.717, 1.165) is 48.5 Å². The minimum Gasteiger partial charge on any atom is -0.368 e. The van der Waals surface area contributed by atoms with Gasteiger partial charge in [-0.15, -0.1) is 12.4 Å². The van der Waals surface area contributed by atoms with Gasteiger partial charge in [-0.3, -0.25) is 9.58 Å². The van der Waals surface area contributed by atoms with E-state index in [9.17, 15) is 4.79 Å². The highest BCUT2D eigenvalue weighted by Gasteiger charge is 2.30. The molecule has 1 saturated heterocycles. The van der Waals surface area contributed by atoms with Crippen molar-refractivity contribution in [3.63, 3.8) is 0 Å². The first-order valence-corrected chi connectivity index (χ1v) is 10.4. The highest BCUT2D eigenvalue weighted by molar-refractivity contribution is 6.04. The molecule has 2 aliphatic rings. The van der Waals surface area contributed by atoms with Gasteiger partial charge in [0.2, 0.25) is 0 Å². The van der Waals surface area contributed by atoms with Crippen LogP contribution in [0.1, 0.15) is 18.2 Å². The van der Waals surface area contributed by atoms with Crippen LogP contribution in [0.5, 0.6) is 0 Å². The molecule has 0 saturated carbocycles. The number of urea groups is 1. The number of aryl methyl sites for hydroxylation is 2. The number of carbonyl (C=O) groups excluding carboxylic acids is 1. The zero-order chi connectivity index (χ0) is 20.8. The number of carbonyl (C=O) groups is 1. The van der Waals surface area contributed by atoms with Crippen molar-refractivity contribution in [2.24, 2.45) is 7.05 Å². The van der Waals surface area contributed by atoms with Crippen LogP contribution in [0.4, 0.5) is 22.0 Å². The lowest BCUT2D eigenvalue weighted by Crippen LogP contribution is -2.49. The number of halogens is 1. The van der Waals surface area contributed by atoms with Gasteiger partial charge in [-0.05, 0) is 32.4 Å². The molecule has 2 aliphatic heterocycles. The van der Waals surface area contributed by atoms with Gasteiger partial charge >= 0.3 is 6.03 Å². The second kappa shape index (κ2) is 8.32. The summed E-state index contributed by atoms with van der Waals surface area (Å²) in [5.74, 6) is 0.754. The zero-order valence-corrected chi connectivity index (χ0v) is 18.7. The van der Waals surface area contributed by atoms with Crippen LogP contribution in [0.15, 0.2) is 24.5 Å². The number of amides is 2. The third kappa shape index (κ3) is 3.90. The second-order valence-corrected chi connectivity index (χ2v) is 8.10. The Labute approximate surface area is 187 Å². The summed E-state index contributed by atoms with van der Waals surface area (Å²) < 4.78 is 1.72. The number of fused-ring (bicyclic) bond motifs is 2. The van der Waals surface area contributed by atoms with Gasteiger partial charge in [-0.1, -0.05) is 0 Å². The maximum Gasteiger partial charge on any atom is 0.327 e. The Morgan fingerprint density at radius 3 is 2.97 bits per heavy atom. The largest absolute Gasteiger partial charge is 0.368 e. The number of anilines is 3. The Bertz CT molecular complexity index is 1130. The molecular formula is C21H27ClN8O. The van der Waals surface area contributed by atoms with Gasteiger partial charge in [0.25, 0.3) is 0 Å². The van der Waals surface area contributed by atoms with Crippen LogP contribution >= 0.6 is 12.4 Å². The molecule has 1 fully saturated rings. The standard InChI is InChI=1S/C21H26N8O.ClH/c1-13-11-28(9-7-22-13)18-4-6-23-20-16(18)5-8-29(20)21(30)25-17-10-15-12-27(3)26-19(15)24-14(17)2;/h4,6,10,12-13,22H,5,7-9,11H2,1-3H3,(H,25,30);1H/t13-;/m1./s1. The molecule has 9 nitrogen and oxygen atoms in total. The van der Waals surface area contributed by atoms with E-state index in [-0.39, 0.29) is 18.4 Å². The molecule has 10 heteroatoms. The van der Waals surface area contributed by atoms with Crippen molar-refractivity contribution in [3.05, 3.63) is 35.8 Å². The molecule has 0 aromatic carbocycles. The lowest BCUT2D eigenvalue weighted by Gasteiger charge is -2.34. The number of nitrogens with zero attached hydrogens (tertiary/aromatic N) is 6. The third-order valence-electron chi connectivity index (χ3n) is 5.85. The van der Waals surface area contributed by atoms with E-state index < -0.39 is 0 Å². The Morgan fingerprint density at radius 2 is 2.16 bits per heavy atom. The van der Waals surface area contributed by atoms with E-state index in [1.807, 2.05) is 26.2 Å². The van der Waals surface area contributed by atoms with Crippen LogP contribution in [-0.2, 0) is 13.5 Å². The van der Waals surface area contributed by atoms with Crippen molar-refractivity contribution in [1.29, 1.82) is 0 Å². The topological polar surface area (TPSA) is 91.2 Å². The highest BCUT2D eigenvalue weighted by atomic mass is 35.5. The van der Waals surface area contributed by atoms with E-state index in [2.05, 4.69) is 43.6 Å². The fraction of sp³-hybridized carbons (Fsp3) is 0.429. The van der Waals surface area contributed by atoms with E-state index in [1.165, 1.54) is 5.69 Å². The van der Waals surface area contributed by atoms with Gasteiger partial charge in [-0.25, -0.2) is 14.8 Å². The SMILES string of the molecule is Cc1nc2nn(C)cc2cc1NC(=O)N1CCc2c(N3CCN[C@H](C)C3)ccnc21.Cl. The molecular weight excluding hydrogens is 416 g/mol. The average Bonchev–Trinajstić information content (AvgIpc) is 3.30. The summed E-state index contributed by atoms with van der Waals surface area (Å²) in [4.78, 5) is 26.3. The van der Waals surface area contributed by atoms with Gasteiger partial charge < -0.3 is 15.5 Å². The number of nitrogens with one attached hydrogen (secondary N) is 2. The molecule has 164 valence electrons. The first-order chi connectivity index (χ1) is 14.5. The maximum atomic E-state index is 13.1. The first kappa shape index (κ1) is 21.3. The molecule has 3 aromatic rings. The van der Waals surface area contributed by atoms with Crippen LogP contribution in [0, 0.1) is 6.92 Å². The average molecular weight is 443 g/mol. The van der Waals surface area contributed by atoms with Crippen molar-refractivity contribution in [2.45, 2.75) is 26.3 Å². The number of piperazine rings is 1. The Hall–Kier alpha value is -2.91. The molecule has 0 radical (unpaired) electrons. The molecule has 2 amide bonds. The van der Waals surface area contributed by atoms with Crippen LogP contribution in [0.3, 0.4) is 0 Å². The van der Waals surface area contributed by atoms with Crippen LogP contribution in [0.2, 0.25) is 0 Å². The molecule has 0 spiro atoms. The normalized spacial score (nSPS) is 18.1. The van der Waals surface area contributed by atoms with Crippen molar-refractivity contribution in [1.82, 2.24) is 25.1 Å². The molecule has 5 heterocycles. The predicted molar refractivity (Wildman–Crippen MR) is 124 cm³/mol. The fourth-order valence-corrected chi connectivity index (χ4v) is 4.39. The monoisotopic (exact) mass is 442 g/mol. The van der Waals surface area contributed by atoms with E-state index in [4.69, 9.17) is 0 Å². The Kier molecular flexibility index (Phi) is 5.72. The van der Waals surface area contributed by atoms with Crippen molar-refractivity contribution in [3.8, 4) is 0 Å². The third-order valence-corrected chi connectivity index (χ3v) is 5.85. The van der Waals surface area contributed by atoms with Crippen molar-refractivity contribution >= 4 is 46.7 Å². The van der Waals surface area contributed by atoms with Crippen LogP contribution in [0.25, 0.3) is 11.0 Å². The van der Waals surface area contributed by atoms with Crippen molar-refractivity contribution in [2.75, 3.05) is 41.3 Å². The van der Waals surface area contributed by atoms with Gasteiger partial charge in [0, 0.05) is 68.3 Å². The highest BCUT2D eigenvalue weighted by Crippen LogP contribution is 2.34. The van der Waals surface area contributed by atoms with Gasteiger partial charge in [0.05, 0.1) is 11.4 Å². The number of pyridine rings is 2. The fourth-order valence-electron chi connectivity index (χ4n) is 4.39. The minimum atomic E-state index is -0.180. The molecule has 0 unspecified atom stereocenters. The molecule has 31 heavy (non-hydrogen) atoms. The summed E-state index contributed by atoms with van der Waals surface area (Å²) in [5.41, 5.74) is 4.46. The van der Waals surface area contributed by atoms with Gasteiger partial charge in [0.1, 0.15) is 5.82 Å². The summed E-state index contributed by atoms with van der Waals surface area (Å²) in [7, 11) is 1.86. The number of hydrogen-bond donors (Lipinski definition) is 2. The zero-order valence-electron chi connectivity index (χ0n) is 17.9. The molecule has 0 bridgehead atoms. The summed E-state index contributed by atoms with van der Waals surface area (Å²) in [5, 5.41) is 11.7. The van der Waals surface area contributed by atoms with Crippen LogP contribution in [-0.4, -0.2) is 58.0 Å². The molecule has 0 aliphatic carbocycles. The molecule has 2 N–H and O–H groups in total. The van der Waals surface area contributed by atoms with Crippen LogP contribution < -0.4 is 20.4 Å². The first-order valence-electron chi connectivity index (χ1n) is 10.4. The lowest BCUT2D eigenvalue weighted by molar-refractivity contribution is 0.257. The van der Waals surface area contributed by atoms with Gasteiger partial charge in [-0.2, -0.15) is 5.10 Å². The minimum absolute atomic E-state index is 0. The summed E-state index contributed by atoms with van der Waals surface area (Å²) >= 11 is 0. The van der Waals surface area contributed by atoms with E-state index in [1.54, 1.807) is 15.8 Å². The molecule has 3 aromatic heterocycles. The summed E-state index contributed by atoms with van der Waals surface area (Å²) in [6.45, 7) is 7.58. The van der Waals surface area contributed by atoms with Gasteiger partial charge in [0.15, 0.2) is 5.65 Å². The Balaban J connectivity index is 0.00000231. The molecule has 1 atom stereocenters. The van der Waals surface area contributed by atoms with E-state index >= 15 is 0 Å². The quantitative estimate of drug-likeness (QED) is 0.633. The molecule has 5 rings (SSSR count). The number of aromatic nitrogens is 4.